The van der Waals surface area contributed by atoms with Crippen LogP contribution in [0.1, 0.15) is 127 Å². The lowest BCUT2D eigenvalue weighted by atomic mass is 9.77. The molecule has 198 valence electrons. The summed E-state index contributed by atoms with van der Waals surface area (Å²) in [5.41, 5.74) is -0.0477. The van der Waals surface area contributed by atoms with E-state index in [1.54, 1.807) is 0 Å². The molecular formula is C28H51NO5. The van der Waals surface area contributed by atoms with E-state index in [0.29, 0.717) is 17.6 Å². The van der Waals surface area contributed by atoms with Gasteiger partial charge in [0.1, 0.15) is 6.10 Å². The van der Waals surface area contributed by atoms with Gasteiger partial charge in [0.25, 0.3) is 0 Å². The van der Waals surface area contributed by atoms with Gasteiger partial charge in [0, 0.05) is 23.9 Å². The van der Waals surface area contributed by atoms with Gasteiger partial charge in [-0.25, -0.2) is 9.59 Å². The van der Waals surface area contributed by atoms with Crippen LogP contribution >= 0.6 is 0 Å². The van der Waals surface area contributed by atoms with Crippen molar-refractivity contribution in [1.29, 1.82) is 0 Å². The average Bonchev–Trinajstić information content (AvgIpc) is 3.26. The fourth-order valence-corrected chi connectivity index (χ4v) is 3.77. The van der Waals surface area contributed by atoms with Gasteiger partial charge in [-0.1, -0.05) is 90.0 Å². The quantitative estimate of drug-likeness (QED) is 0.432. The van der Waals surface area contributed by atoms with Crippen LogP contribution in [0.4, 0.5) is 4.79 Å². The molecule has 0 radical (unpaired) electrons. The molecule has 1 amide bonds. The fraction of sp³-hybridized carbons (Fsp3) is 0.857. The second-order valence-electron chi connectivity index (χ2n) is 14.1. The Morgan fingerprint density at radius 3 is 1.85 bits per heavy atom. The molecule has 6 nitrogen and oxygen atoms in total. The first-order valence-electron chi connectivity index (χ1n) is 12.7. The second kappa shape index (κ2) is 10.5. The van der Waals surface area contributed by atoms with Crippen molar-refractivity contribution in [3.63, 3.8) is 0 Å². The zero-order valence-corrected chi connectivity index (χ0v) is 24.3. The van der Waals surface area contributed by atoms with Gasteiger partial charge in [-0.15, -0.1) is 0 Å². The number of amides is 1. The van der Waals surface area contributed by atoms with Crippen molar-refractivity contribution in [1.82, 2.24) is 4.90 Å². The first-order chi connectivity index (χ1) is 15.1. The molecule has 1 aromatic heterocycles. The zero-order valence-electron chi connectivity index (χ0n) is 24.3. The predicted molar refractivity (Wildman–Crippen MR) is 138 cm³/mol. The van der Waals surface area contributed by atoms with E-state index in [1.807, 2.05) is 32.6 Å². The molecule has 3 unspecified atom stereocenters. The number of nitrogens with zero attached hydrogens (tertiary/aromatic N) is 1. The highest BCUT2D eigenvalue weighted by molar-refractivity contribution is 5.68. The molecule has 6 heteroatoms. The van der Waals surface area contributed by atoms with Crippen molar-refractivity contribution in [3.05, 3.63) is 22.1 Å². The maximum Gasteiger partial charge on any atom is 0.519 e. The van der Waals surface area contributed by atoms with E-state index in [0.717, 1.165) is 19.4 Å². The molecule has 0 bridgehead atoms. The monoisotopic (exact) mass is 481 g/mol. The molecule has 0 saturated carbocycles. The number of ether oxygens (including phenoxy) is 1. The summed E-state index contributed by atoms with van der Waals surface area (Å²) in [5, 5.41) is 0. The summed E-state index contributed by atoms with van der Waals surface area (Å²) in [6.45, 7) is 30.1. The topological polar surface area (TPSA) is 72.9 Å². The predicted octanol–water partition coefficient (Wildman–Crippen LogP) is 7.75. The number of rotatable bonds is 2. The summed E-state index contributed by atoms with van der Waals surface area (Å²) in [6, 6.07) is 0.303. The molecule has 0 aliphatic carbocycles. The smallest absolute Gasteiger partial charge is 0.446 e. The molecule has 1 aromatic rings. The van der Waals surface area contributed by atoms with Crippen LogP contribution in [0.2, 0.25) is 0 Å². The molecule has 1 fully saturated rings. The Bertz CT molecular complexity index is 852. The van der Waals surface area contributed by atoms with Crippen LogP contribution in [0.5, 0.6) is 0 Å². The number of hydrogen-bond acceptors (Lipinski definition) is 5. The van der Waals surface area contributed by atoms with E-state index >= 15 is 0 Å². The molecule has 1 aliphatic heterocycles. The van der Waals surface area contributed by atoms with E-state index in [9.17, 15) is 9.59 Å². The highest BCUT2D eigenvalue weighted by Crippen LogP contribution is 2.39. The van der Waals surface area contributed by atoms with Crippen LogP contribution in [0, 0.1) is 16.2 Å². The number of likely N-dealkylation sites (tertiary alicyclic amines) is 1. The minimum absolute atomic E-state index is 0.00733. The van der Waals surface area contributed by atoms with Crippen molar-refractivity contribution in [2.24, 2.45) is 16.2 Å². The van der Waals surface area contributed by atoms with Gasteiger partial charge in [0.15, 0.2) is 11.5 Å². The fourth-order valence-electron chi connectivity index (χ4n) is 3.77. The van der Waals surface area contributed by atoms with Crippen molar-refractivity contribution in [3.8, 4) is 0 Å². The molecule has 0 N–H and O–H groups in total. The van der Waals surface area contributed by atoms with Gasteiger partial charge >= 0.3 is 11.9 Å². The average molecular weight is 482 g/mol. The standard InChI is InChI=1S/C15H29NO2.C13H22O3/c1-11(14(2,3)4)18-13(17)16-10-8-9-12(16)15(5,6)7;1-8(12(2,3)4)9-10(13(5,6)7)16-11(14)15-9/h11-12H,8-10H2,1-7H3;8H,1-7H3. The van der Waals surface area contributed by atoms with Gasteiger partial charge in [-0.05, 0) is 36.0 Å². The molecule has 0 aromatic carbocycles. The first-order valence-corrected chi connectivity index (χ1v) is 12.7. The van der Waals surface area contributed by atoms with Crippen LogP contribution in [-0.4, -0.2) is 29.7 Å². The molecular weight excluding hydrogens is 430 g/mol. The van der Waals surface area contributed by atoms with Crippen LogP contribution in [0.3, 0.4) is 0 Å². The Labute approximate surface area is 207 Å². The summed E-state index contributed by atoms with van der Waals surface area (Å²) in [5.74, 6) is 0.897. The van der Waals surface area contributed by atoms with Crippen LogP contribution in [0.15, 0.2) is 13.6 Å². The number of carbonyl (C=O) groups is 1. The summed E-state index contributed by atoms with van der Waals surface area (Å²) in [6.07, 6.45) is 1.96. The van der Waals surface area contributed by atoms with Crippen molar-refractivity contribution < 1.29 is 18.4 Å². The van der Waals surface area contributed by atoms with Crippen molar-refractivity contribution in [2.45, 2.75) is 133 Å². The summed E-state index contributed by atoms with van der Waals surface area (Å²) in [7, 11) is 0. The lowest BCUT2D eigenvalue weighted by molar-refractivity contribution is 0.00934. The first kappa shape index (κ1) is 30.3. The van der Waals surface area contributed by atoms with Gasteiger partial charge in [0.05, 0.1) is 0 Å². The zero-order chi connectivity index (χ0) is 26.9. The molecule has 0 spiro atoms. The Balaban J connectivity index is 0.000000342. The van der Waals surface area contributed by atoms with Crippen LogP contribution in [0.25, 0.3) is 0 Å². The molecule has 2 rings (SSSR count). The minimum Gasteiger partial charge on any atom is -0.446 e. The normalized spacial score (nSPS) is 19.4. The van der Waals surface area contributed by atoms with E-state index < -0.39 is 5.82 Å². The van der Waals surface area contributed by atoms with Gasteiger partial charge in [-0.2, -0.15) is 0 Å². The summed E-state index contributed by atoms with van der Waals surface area (Å²) < 4.78 is 16.0. The molecule has 2 heterocycles. The maximum atomic E-state index is 12.3. The highest BCUT2D eigenvalue weighted by atomic mass is 16.6. The van der Waals surface area contributed by atoms with Gasteiger partial charge in [0.2, 0.25) is 0 Å². The molecule has 1 saturated heterocycles. The minimum atomic E-state index is -0.601. The van der Waals surface area contributed by atoms with E-state index in [-0.39, 0.29) is 39.8 Å². The Morgan fingerprint density at radius 1 is 0.912 bits per heavy atom. The third-order valence-corrected chi connectivity index (χ3v) is 6.96. The van der Waals surface area contributed by atoms with E-state index in [2.05, 4.69) is 69.2 Å². The molecule has 1 aliphatic rings. The largest absolute Gasteiger partial charge is 0.519 e. The molecule has 3 atom stereocenters. The van der Waals surface area contributed by atoms with Crippen LogP contribution < -0.4 is 5.82 Å². The van der Waals surface area contributed by atoms with Crippen molar-refractivity contribution in [2.75, 3.05) is 6.54 Å². The Kier molecular flexibility index (Phi) is 9.35. The van der Waals surface area contributed by atoms with Gasteiger partial charge < -0.3 is 18.5 Å². The highest BCUT2D eigenvalue weighted by Gasteiger charge is 2.39. The van der Waals surface area contributed by atoms with Crippen LogP contribution in [-0.2, 0) is 10.2 Å². The lowest BCUT2D eigenvalue weighted by Gasteiger charge is -2.36. The lowest BCUT2D eigenvalue weighted by Crippen LogP contribution is -2.45. The molecule has 34 heavy (non-hydrogen) atoms. The Morgan fingerprint density at radius 2 is 1.44 bits per heavy atom. The number of hydrogen-bond donors (Lipinski definition) is 0. The summed E-state index contributed by atoms with van der Waals surface area (Å²) >= 11 is 0. The van der Waals surface area contributed by atoms with Gasteiger partial charge in [-0.3, -0.25) is 0 Å². The maximum absolute atomic E-state index is 12.3. The van der Waals surface area contributed by atoms with E-state index in [1.165, 1.54) is 0 Å². The van der Waals surface area contributed by atoms with E-state index in [4.69, 9.17) is 13.6 Å². The Hall–Kier alpha value is -1.72. The third-order valence-electron chi connectivity index (χ3n) is 6.96. The number of carbonyl (C=O) groups excluding carboxylic acids is 1. The second-order valence-corrected chi connectivity index (χ2v) is 14.1. The summed E-state index contributed by atoms with van der Waals surface area (Å²) in [4.78, 5) is 25.4. The third kappa shape index (κ3) is 8.20. The SMILES string of the molecule is CC(OC(=O)N1CCCC1C(C)(C)C)C(C)(C)C.CC(c1oc(=O)oc1C(C)(C)C)C(C)(C)C. The van der Waals surface area contributed by atoms with Crippen molar-refractivity contribution >= 4 is 6.09 Å².